The quantitative estimate of drug-likeness (QED) is 0.271. The van der Waals surface area contributed by atoms with Crippen molar-refractivity contribution in [1.29, 1.82) is 0 Å². The van der Waals surface area contributed by atoms with Crippen LogP contribution in [0.5, 0.6) is 0 Å². The first-order valence-electron chi connectivity index (χ1n) is 12.0. The Kier molecular flexibility index (Phi) is 17.9. The molecule has 1 amide bonds. The zero-order chi connectivity index (χ0) is 25.8. The number of nitrogens with zero attached hydrogens (tertiary/aromatic N) is 4. The van der Waals surface area contributed by atoms with E-state index < -0.39 is 11.9 Å². The monoisotopic (exact) mass is 600 g/mol. The van der Waals surface area contributed by atoms with Crippen LogP contribution < -0.4 is 5.32 Å². The summed E-state index contributed by atoms with van der Waals surface area (Å²) in [4.78, 5) is 42.5. The van der Waals surface area contributed by atoms with Crippen molar-refractivity contribution in [2.75, 3.05) is 72.2 Å². The van der Waals surface area contributed by atoms with E-state index in [0.29, 0.717) is 64.5 Å². The normalized spacial score (nSPS) is 17.1. The summed E-state index contributed by atoms with van der Waals surface area (Å²) in [5.74, 6) is -1.97. The molecule has 1 aromatic carbocycles. The molecular formula is C24H41N5O7Y. The van der Waals surface area contributed by atoms with Gasteiger partial charge in [0.2, 0.25) is 0 Å². The number of amides is 1. The fourth-order valence-electron chi connectivity index (χ4n) is 3.94. The van der Waals surface area contributed by atoms with Crippen molar-refractivity contribution < 1.29 is 67.9 Å². The molecule has 37 heavy (non-hydrogen) atoms. The van der Waals surface area contributed by atoms with E-state index >= 15 is 0 Å². The van der Waals surface area contributed by atoms with Gasteiger partial charge in [-0.25, -0.2) is 0 Å². The van der Waals surface area contributed by atoms with E-state index in [1.807, 2.05) is 35.8 Å². The number of carbonyl (C=O) groups excluding carboxylic acids is 1. The van der Waals surface area contributed by atoms with E-state index in [9.17, 15) is 29.7 Å². The molecule has 2 rings (SSSR count). The van der Waals surface area contributed by atoms with Crippen LogP contribution in [0.4, 0.5) is 0 Å². The van der Waals surface area contributed by atoms with Gasteiger partial charge in [-0.05, 0) is 31.5 Å². The SMILES string of the molecule is CC(C)NC(=O)c1ccc(CN2CCN(CO)CCN(CC(=O)O)CCN(CC(=O)O)CC2)cc1.O.[Y]. The van der Waals surface area contributed by atoms with E-state index in [-0.39, 0.29) is 70.0 Å². The molecule has 1 aromatic rings. The van der Waals surface area contributed by atoms with Crippen LogP contribution >= 0.6 is 0 Å². The van der Waals surface area contributed by atoms with Gasteiger partial charge in [-0.1, -0.05) is 12.1 Å². The zero-order valence-electron chi connectivity index (χ0n) is 21.8. The van der Waals surface area contributed by atoms with Crippen LogP contribution in [-0.2, 0) is 48.8 Å². The van der Waals surface area contributed by atoms with Gasteiger partial charge in [0.05, 0.1) is 19.8 Å². The molecule has 1 heterocycles. The summed E-state index contributed by atoms with van der Waals surface area (Å²) >= 11 is 0. The van der Waals surface area contributed by atoms with Crippen molar-refractivity contribution in [3.8, 4) is 0 Å². The van der Waals surface area contributed by atoms with E-state index in [2.05, 4.69) is 10.2 Å². The third-order valence-corrected chi connectivity index (χ3v) is 5.89. The van der Waals surface area contributed by atoms with Gasteiger partial charge in [0.25, 0.3) is 5.91 Å². The van der Waals surface area contributed by atoms with E-state index in [0.717, 1.165) is 5.56 Å². The van der Waals surface area contributed by atoms with E-state index in [1.54, 1.807) is 17.0 Å². The predicted octanol–water partition coefficient (Wildman–Crippen LogP) is -1.16. The van der Waals surface area contributed by atoms with E-state index in [4.69, 9.17) is 0 Å². The molecule has 1 radical (unpaired) electrons. The number of nitrogens with one attached hydrogen (secondary N) is 1. The van der Waals surface area contributed by atoms with Crippen LogP contribution in [0.1, 0.15) is 29.8 Å². The number of carboxylic acids is 2. The number of benzene rings is 1. The van der Waals surface area contributed by atoms with Gasteiger partial charge >= 0.3 is 11.9 Å². The number of rotatable bonds is 9. The van der Waals surface area contributed by atoms with Crippen LogP contribution in [0, 0.1) is 0 Å². The van der Waals surface area contributed by atoms with Crippen molar-refractivity contribution in [2.45, 2.75) is 26.4 Å². The van der Waals surface area contributed by atoms with Gasteiger partial charge < -0.3 is 26.1 Å². The molecule has 1 saturated heterocycles. The smallest absolute Gasteiger partial charge is 0.317 e. The largest absolute Gasteiger partial charge is 0.480 e. The van der Waals surface area contributed by atoms with Crippen molar-refractivity contribution in [3.63, 3.8) is 0 Å². The summed E-state index contributed by atoms with van der Waals surface area (Å²) in [7, 11) is 0. The Morgan fingerprint density at radius 3 is 1.57 bits per heavy atom. The maximum absolute atomic E-state index is 12.2. The molecule has 13 heteroatoms. The fraction of sp³-hybridized carbons (Fsp3) is 0.625. The molecule has 12 nitrogen and oxygen atoms in total. The van der Waals surface area contributed by atoms with Gasteiger partial charge in [-0.15, -0.1) is 0 Å². The Bertz CT molecular complexity index is 828. The minimum Gasteiger partial charge on any atom is -0.480 e. The predicted molar refractivity (Wildman–Crippen MR) is 135 cm³/mol. The first-order chi connectivity index (χ1) is 16.7. The summed E-state index contributed by atoms with van der Waals surface area (Å²) in [6.45, 7) is 8.29. The average molecular weight is 601 g/mol. The topological polar surface area (TPSA) is 168 Å². The maximum Gasteiger partial charge on any atom is 0.317 e. The third kappa shape index (κ3) is 14.3. The molecule has 1 fully saturated rings. The second-order valence-corrected chi connectivity index (χ2v) is 9.20. The Morgan fingerprint density at radius 1 is 0.784 bits per heavy atom. The molecular weight excluding hydrogens is 559 g/mol. The van der Waals surface area contributed by atoms with Gasteiger partial charge in [-0.2, -0.15) is 0 Å². The summed E-state index contributed by atoms with van der Waals surface area (Å²) in [6.07, 6.45) is 0. The zero-order valence-corrected chi connectivity index (χ0v) is 24.6. The molecule has 0 spiro atoms. The average Bonchev–Trinajstić information content (AvgIpc) is 2.78. The minimum absolute atomic E-state index is 0. The van der Waals surface area contributed by atoms with E-state index in [1.165, 1.54) is 0 Å². The Labute approximate surface area is 243 Å². The first-order valence-corrected chi connectivity index (χ1v) is 12.0. The molecule has 0 aromatic heterocycles. The number of aliphatic carboxylic acids is 2. The van der Waals surface area contributed by atoms with Gasteiger partial charge in [-0.3, -0.25) is 34.0 Å². The summed E-state index contributed by atoms with van der Waals surface area (Å²) < 4.78 is 0. The second kappa shape index (κ2) is 18.7. The molecule has 6 N–H and O–H groups in total. The van der Waals surface area contributed by atoms with Crippen molar-refractivity contribution in [3.05, 3.63) is 35.4 Å². The fourth-order valence-corrected chi connectivity index (χ4v) is 3.94. The van der Waals surface area contributed by atoms with Crippen LogP contribution in [0.3, 0.4) is 0 Å². The summed E-state index contributed by atoms with van der Waals surface area (Å²) in [5.41, 5.74) is 1.63. The van der Waals surface area contributed by atoms with Gasteiger partial charge in [0, 0.05) is 103 Å². The van der Waals surface area contributed by atoms with Crippen LogP contribution in [0.25, 0.3) is 0 Å². The second-order valence-electron chi connectivity index (χ2n) is 9.20. The van der Waals surface area contributed by atoms with Crippen LogP contribution in [0.15, 0.2) is 24.3 Å². The number of hydrogen-bond acceptors (Lipinski definition) is 8. The minimum atomic E-state index is -0.934. The maximum atomic E-state index is 12.2. The third-order valence-electron chi connectivity index (χ3n) is 5.89. The summed E-state index contributed by atoms with van der Waals surface area (Å²) in [6, 6.07) is 7.51. The Morgan fingerprint density at radius 2 is 1.19 bits per heavy atom. The molecule has 0 bridgehead atoms. The van der Waals surface area contributed by atoms with Gasteiger partial charge in [0.1, 0.15) is 0 Å². The number of hydrogen-bond donors (Lipinski definition) is 4. The number of aliphatic hydroxyl groups is 1. The molecule has 1 aliphatic heterocycles. The van der Waals surface area contributed by atoms with Crippen LogP contribution in [-0.4, -0.2) is 136 Å². The standard InChI is InChI=1S/C24H39N5O6.H2O.Y/c1-19(2)25-24(35)21-5-3-20(4-6-21)15-26-7-8-27(16-22(31)32)9-10-28(17-23(33)34)12-14-29(18-30)13-11-26;;/h3-6,19,30H,7-18H2,1-2H3,(H,25,35)(H,31,32)(H,33,34);1H2;. The number of carbonyl (C=O) groups is 3. The first kappa shape index (κ1) is 35.5. The molecule has 0 unspecified atom stereocenters. The van der Waals surface area contributed by atoms with Crippen LogP contribution in [0.2, 0.25) is 0 Å². The number of aliphatic hydroxyl groups excluding tert-OH is 1. The van der Waals surface area contributed by atoms with Crippen molar-refractivity contribution in [2.24, 2.45) is 0 Å². The summed E-state index contributed by atoms with van der Waals surface area (Å²) in [5, 5.41) is 31.2. The Balaban J connectivity index is 0.00000648. The molecule has 0 aliphatic carbocycles. The Hall–Kier alpha value is -1.51. The van der Waals surface area contributed by atoms with Gasteiger partial charge in [0.15, 0.2) is 0 Å². The molecule has 207 valence electrons. The molecule has 0 saturated carbocycles. The molecule has 0 atom stereocenters. The van der Waals surface area contributed by atoms with Crippen molar-refractivity contribution in [1.82, 2.24) is 24.9 Å². The number of carboxylic acid groups (broad SMARTS) is 2. The van der Waals surface area contributed by atoms with Crippen molar-refractivity contribution >= 4 is 17.8 Å². The molecule has 1 aliphatic rings.